The summed E-state index contributed by atoms with van der Waals surface area (Å²) in [4.78, 5) is 3.53. The lowest BCUT2D eigenvalue weighted by molar-refractivity contribution is 0.579. The topological polar surface area (TPSA) is 4.36 Å². The average molecular weight is 192 g/mol. The summed E-state index contributed by atoms with van der Waals surface area (Å²) in [6.07, 6.45) is 1.52. The molecule has 2 rings (SSSR count). The van der Waals surface area contributed by atoms with E-state index in [1.54, 1.807) is 0 Å². The van der Waals surface area contributed by atoms with E-state index in [2.05, 4.69) is 4.85 Å². The lowest BCUT2D eigenvalue weighted by Gasteiger charge is -2.12. The minimum atomic E-state index is -0.572. The highest BCUT2D eigenvalue weighted by molar-refractivity contribution is 5.75. The number of hydrogen-bond donors (Lipinski definition) is 0. The van der Waals surface area contributed by atoms with Gasteiger partial charge in [-0.25, -0.2) is 8.78 Å². The van der Waals surface area contributed by atoms with Crippen LogP contribution in [0.3, 0.4) is 0 Å². The molecule has 14 heavy (non-hydrogen) atoms. The van der Waals surface area contributed by atoms with Crippen molar-refractivity contribution >= 4 is 5.57 Å². The molecule has 0 atom stereocenters. The Balaban J connectivity index is 2.49. The quantitative estimate of drug-likeness (QED) is 0.642. The second-order valence-corrected chi connectivity index (χ2v) is 3.18. The molecule has 3 heteroatoms. The van der Waals surface area contributed by atoms with E-state index in [4.69, 9.17) is 6.57 Å². The van der Waals surface area contributed by atoms with Crippen LogP contribution in [0.1, 0.15) is 18.4 Å². The lowest BCUT2D eigenvalue weighted by atomic mass is 9.88. The first kappa shape index (κ1) is 8.89. The molecule has 0 amide bonds. The summed E-state index contributed by atoms with van der Waals surface area (Å²) in [5.41, 5.74) is 1.89. The van der Waals surface area contributed by atoms with Crippen LogP contribution in [0.5, 0.6) is 0 Å². The van der Waals surface area contributed by atoms with Crippen molar-refractivity contribution < 1.29 is 8.78 Å². The van der Waals surface area contributed by atoms with Crippen molar-refractivity contribution in [3.8, 4) is 6.57 Å². The van der Waals surface area contributed by atoms with Gasteiger partial charge in [-0.05, 0) is 23.4 Å². The highest BCUT2D eigenvalue weighted by Gasteiger charge is 2.29. The second kappa shape index (κ2) is 3.22. The number of halogens is 2. The molecule has 1 aromatic carbocycles. The Labute approximate surface area is 80.5 Å². The molecule has 1 aromatic rings. The Bertz CT molecular complexity index is 455. The average Bonchev–Trinajstić information content (AvgIpc) is 2.08. The van der Waals surface area contributed by atoms with Gasteiger partial charge in [0.2, 0.25) is 0 Å². The third-order valence-corrected chi connectivity index (χ3v) is 2.37. The molecule has 0 saturated carbocycles. The summed E-state index contributed by atoms with van der Waals surface area (Å²) in [6, 6.07) is 3.52. The van der Waals surface area contributed by atoms with E-state index in [0.29, 0.717) is 11.3 Å². The van der Waals surface area contributed by atoms with Crippen LogP contribution in [-0.4, -0.2) is 0 Å². The fourth-order valence-electron chi connectivity index (χ4n) is 1.53. The normalized spacial score (nSPS) is 14.9. The van der Waals surface area contributed by atoms with Gasteiger partial charge in [0.05, 0.1) is 6.42 Å². The summed E-state index contributed by atoms with van der Waals surface area (Å²) in [6.45, 7) is 5.11. The molecule has 70 valence electrons. The van der Waals surface area contributed by atoms with E-state index >= 15 is 0 Å². The number of nitrogens with zero attached hydrogens (tertiary/aromatic N) is 1. The van der Waals surface area contributed by atoms with E-state index in [-0.39, 0.29) is 0 Å². The van der Waals surface area contributed by atoms with E-state index in [1.807, 2.05) is 0 Å². The molecule has 1 aliphatic rings. The predicted octanol–water partition coefficient (Wildman–Crippen LogP) is 3.43. The van der Waals surface area contributed by atoms with Crippen molar-refractivity contribution in [2.75, 3.05) is 0 Å². The fraction of sp³-hybridized carbons (Fsp3) is 0.182. The van der Waals surface area contributed by atoms with Gasteiger partial charge in [0, 0.05) is 17.2 Å². The van der Waals surface area contributed by atoms with Crippen LogP contribution in [0.2, 0.25) is 0 Å². The van der Waals surface area contributed by atoms with Gasteiger partial charge in [0.25, 0.3) is 6.57 Å². The number of rotatable bonds is 1. The van der Waals surface area contributed by atoms with Crippen LogP contribution in [0.4, 0.5) is 8.78 Å². The number of allylic oxidation sites excluding steroid dienone is 2. The van der Waals surface area contributed by atoms with Crippen LogP contribution < -0.4 is 0 Å². The first-order valence-electron chi connectivity index (χ1n) is 4.30. The molecule has 0 spiro atoms. The zero-order valence-corrected chi connectivity index (χ0v) is 7.43. The molecule has 1 nitrogen and oxygen atoms in total. The summed E-state index contributed by atoms with van der Waals surface area (Å²) >= 11 is 0. The summed E-state index contributed by atoms with van der Waals surface area (Å²) < 4.78 is 25.9. The van der Waals surface area contributed by atoms with E-state index < -0.39 is 11.6 Å². The lowest BCUT2D eigenvalue weighted by Crippen LogP contribution is -2.02. The first-order valence-corrected chi connectivity index (χ1v) is 4.30. The van der Waals surface area contributed by atoms with Crippen LogP contribution in [0.25, 0.3) is 10.4 Å². The minimum absolute atomic E-state index is 0.404. The third kappa shape index (κ3) is 1.29. The summed E-state index contributed by atoms with van der Waals surface area (Å²) in [7, 11) is 0. The molecular weight excluding hydrogens is 184 g/mol. The zero-order chi connectivity index (χ0) is 10.1. The highest BCUT2D eigenvalue weighted by Crippen LogP contribution is 2.37. The maximum Gasteiger partial charge on any atom is 0.320 e. The van der Waals surface area contributed by atoms with Gasteiger partial charge in [-0.1, -0.05) is 0 Å². The van der Waals surface area contributed by atoms with Crippen molar-refractivity contribution in [3.63, 3.8) is 0 Å². The molecule has 0 bridgehead atoms. The number of benzene rings is 1. The third-order valence-electron chi connectivity index (χ3n) is 2.37. The molecular formula is C11H8F2N+. The van der Waals surface area contributed by atoms with E-state index in [1.165, 1.54) is 12.1 Å². The molecule has 0 aromatic heterocycles. The summed E-state index contributed by atoms with van der Waals surface area (Å²) in [5, 5.41) is 0. The second-order valence-electron chi connectivity index (χ2n) is 3.18. The van der Waals surface area contributed by atoms with E-state index in [0.717, 1.165) is 24.5 Å². The molecule has 0 fully saturated rings. The van der Waals surface area contributed by atoms with Crippen molar-refractivity contribution in [3.05, 3.63) is 45.9 Å². The Hall–Kier alpha value is -1.69. The molecule has 0 aliphatic heterocycles. The Kier molecular flexibility index (Phi) is 2.05. The van der Waals surface area contributed by atoms with Crippen LogP contribution in [-0.2, 0) is 0 Å². The number of hydrogen-bond acceptors (Lipinski definition) is 0. The molecule has 0 unspecified atom stereocenters. The first-order chi connectivity index (χ1) is 6.72. The van der Waals surface area contributed by atoms with Gasteiger partial charge in [-0.15, -0.1) is 0 Å². The van der Waals surface area contributed by atoms with Crippen LogP contribution >= 0.6 is 0 Å². The monoisotopic (exact) mass is 192 g/mol. The van der Waals surface area contributed by atoms with Gasteiger partial charge in [-0.3, -0.25) is 0 Å². The maximum absolute atomic E-state index is 13.3. The maximum atomic E-state index is 13.3. The Morgan fingerprint density at radius 2 is 2.00 bits per heavy atom. The largest absolute Gasteiger partial charge is 0.320 e. The van der Waals surface area contributed by atoms with Crippen molar-refractivity contribution in [2.45, 2.75) is 12.8 Å². The molecule has 0 N–H and O–H groups in total. The van der Waals surface area contributed by atoms with Crippen molar-refractivity contribution in [2.24, 2.45) is 0 Å². The summed E-state index contributed by atoms with van der Waals surface area (Å²) in [5.74, 6) is -1.13. The van der Waals surface area contributed by atoms with Gasteiger partial charge in [-0.2, -0.15) is 0 Å². The standard InChI is InChI=1S/C11H8F2N/c1-14-11-5-4-9(11)8-3-2-7(12)6-10(8)13/h1-3,6H,4-5H2/q+1. The van der Waals surface area contributed by atoms with Crippen LogP contribution in [0.15, 0.2) is 23.9 Å². The zero-order valence-electron chi connectivity index (χ0n) is 7.43. The molecule has 0 radical (unpaired) electrons. The van der Waals surface area contributed by atoms with Gasteiger partial charge >= 0.3 is 5.70 Å². The van der Waals surface area contributed by atoms with Gasteiger partial charge in [0.15, 0.2) is 0 Å². The predicted molar refractivity (Wildman–Crippen MR) is 50.8 cm³/mol. The fourth-order valence-corrected chi connectivity index (χ4v) is 1.53. The van der Waals surface area contributed by atoms with Crippen LogP contribution in [0, 0.1) is 18.2 Å². The highest BCUT2D eigenvalue weighted by atomic mass is 19.1. The van der Waals surface area contributed by atoms with Crippen molar-refractivity contribution in [1.82, 2.24) is 0 Å². The van der Waals surface area contributed by atoms with Crippen molar-refractivity contribution in [1.29, 1.82) is 0 Å². The molecule has 0 saturated heterocycles. The Morgan fingerprint density at radius 3 is 2.50 bits per heavy atom. The van der Waals surface area contributed by atoms with Gasteiger partial charge in [0.1, 0.15) is 11.6 Å². The van der Waals surface area contributed by atoms with E-state index in [9.17, 15) is 8.78 Å². The molecule has 1 aliphatic carbocycles. The molecule has 0 heterocycles. The smallest absolute Gasteiger partial charge is 0.207 e. The Morgan fingerprint density at radius 1 is 1.21 bits per heavy atom. The SMILES string of the molecule is C#[N+]C1=C(c2ccc(F)cc2F)CC1. The van der Waals surface area contributed by atoms with Gasteiger partial charge < -0.3 is 0 Å². The minimum Gasteiger partial charge on any atom is -0.207 e.